The van der Waals surface area contributed by atoms with Crippen molar-refractivity contribution in [3.8, 4) is 0 Å². The first-order valence-corrected chi connectivity index (χ1v) is 4.87. The molecule has 0 aromatic carbocycles. The monoisotopic (exact) mass is 198 g/mol. The molecule has 0 bridgehead atoms. The Kier molecular flexibility index (Phi) is 3.73. The molecule has 1 amide bonds. The molecule has 1 aliphatic rings. The summed E-state index contributed by atoms with van der Waals surface area (Å²) in [5.74, 6) is 0.506. The minimum absolute atomic E-state index is 0.0350. The number of amides is 1. The smallest absolute Gasteiger partial charge is 0.217 e. The number of guanidine groups is 1. The fraction of sp³-hybridized carbons (Fsp3) is 0.778. The summed E-state index contributed by atoms with van der Waals surface area (Å²) in [4.78, 5) is 14.6. The molecule has 0 radical (unpaired) electrons. The van der Waals surface area contributed by atoms with Crippen molar-refractivity contribution in [2.45, 2.75) is 38.3 Å². The van der Waals surface area contributed by atoms with Gasteiger partial charge in [0.05, 0.1) is 0 Å². The van der Waals surface area contributed by atoms with E-state index in [9.17, 15) is 4.79 Å². The third kappa shape index (κ3) is 3.24. The molecule has 2 atom stereocenters. The van der Waals surface area contributed by atoms with Gasteiger partial charge in [-0.05, 0) is 19.3 Å². The number of nitrogens with one attached hydrogen (secondary N) is 2. The van der Waals surface area contributed by atoms with Crippen LogP contribution in [0.2, 0.25) is 0 Å². The number of hydrogen-bond donors (Lipinski definition) is 3. The maximum Gasteiger partial charge on any atom is 0.217 e. The van der Waals surface area contributed by atoms with Crippen LogP contribution in [0, 0.1) is 0 Å². The van der Waals surface area contributed by atoms with Gasteiger partial charge in [0.2, 0.25) is 5.91 Å². The zero-order chi connectivity index (χ0) is 10.6. The second kappa shape index (κ2) is 4.83. The summed E-state index contributed by atoms with van der Waals surface area (Å²) in [7, 11) is 1.66. The first-order chi connectivity index (χ1) is 6.61. The molecule has 5 heteroatoms. The summed E-state index contributed by atoms with van der Waals surface area (Å²) >= 11 is 0. The van der Waals surface area contributed by atoms with Crippen molar-refractivity contribution in [1.82, 2.24) is 10.6 Å². The molecule has 1 fully saturated rings. The van der Waals surface area contributed by atoms with Gasteiger partial charge in [-0.3, -0.25) is 9.79 Å². The van der Waals surface area contributed by atoms with Crippen LogP contribution in [0.5, 0.6) is 0 Å². The normalized spacial score (nSPS) is 27.4. The highest BCUT2D eigenvalue weighted by Gasteiger charge is 2.25. The average molecular weight is 198 g/mol. The van der Waals surface area contributed by atoms with E-state index in [-0.39, 0.29) is 11.9 Å². The Morgan fingerprint density at radius 2 is 1.93 bits per heavy atom. The molecular weight excluding hydrogens is 180 g/mol. The molecule has 0 heterocycles. The molecule has 0 aliphatic heterocycles. The zero-order valence-corrected chi connectivity index (χ0v) is 8.71. The number of carbonyl (C=O) groups excluding carboxylic acids is 1. The van der Waals surface area contributed by atoms with Gasteiger partial charge in [-0.2, -0.15) is 0 Å². The maximum absolute atomic E-state index is 10.8. The van der Waals surface area contributed by atoms with Gasteiger partial charge in [-0.1, -0.05) is 0 Å². The van der Waals surface area contributed by atoms with Crippen molar-refractivity contribution >= 4 is 11.9 Å². The highest BCUT2D eigenvalue weighted by Crippen LogP contribution is 2.18. The lowest BCUT2D eigenvalue weighted by molar-refractivity contribution is -0.119. The van der Waals surface area contributed by atoms with Crippen LogP contribution >= 0.6 is 0 Å². The van der Waals surface area contributed by atoms with E-state index in [2.05, 4.69) is 15.6 Å². The second-order valence-electron chi connectivity index (χ2n) is 3.66. The highest BCUT2D eigenvalue weighted by molar-refractivity contribution is 5.78. The number of carbonyl (C=O) groups is 1. The molecule has 14 heavy (non-hydrogen) atoms. The Morgan fingerprint density at radius 1 is 1.36 bits per heavy atom. The minimum Gasteiger partial charge on any atom is -0.370 e. The van der Waals surface area contributed by atoms with Gasteiger partial charge >= 0.3 is 0 Å². The third-order valence-corrected chi connectivity index (χ3v) is 2.43. The summed E-state index contributed by atoms with van der Waals surface area (Å²) in [5.41, 5.74) is 5.55. The van der Waals surface area contributed by atoms with E-state index in [0.29, 0.717) is 12.0 Å². The number of rotatable bonds is 2. The van der Waals surface area contributed by atoms with E-state index in [1.807, 2.05) is 0 Å². The molecule has 4 N–H and O–H groups in total. The van der Waals surface area contributed by atoms with Crippen LogP contribution in [-0.4, -0.2) is 31.0 Å². The topological polar surface area (TPSA) is 79.5 Å². The largest absolute Gasteiger partial charge is 0.370 e. The predicted molar refractivity (Wildman–Crippen MR) is 55.9 cm³/mol. The van der Waals surface area contributed by atoms with Gasteiger partial charge in [0, 0.05) is 26.1 Å². The molecule has 0 aromatic rings. The van der Waals surface area contributed by atoms with Crippen molar-refractivity contribution < 1.29 is 4.79 Å². The SMILES string of the molecule is CN=C(N)N[C@H]1CC[C@H](NC(C)=O)C1. The van der Waals surface area contributed by atoms with Gasteiger partial charge in [-0.15, -0.1) is 0 Å². The number of aliphatic imine (C=N–C) groups is 1. The van der Waals surface area contributed by atoms with Crippen molar-refractivity contribution in [3.63, 3.8) is 0 Å². The summed E-state index contributed by atoms with van der Waals surface area (Å²) in [6.45, 7) is 1.54. The average Bonchev–Trinajstić information content (AvgIpc) is 2.51. The number of hydrogen-bond acceptors (Lipinski definition) is 2. The zero-order valence-electron chi connectivity index (χ0n) is 8.71. The van der Waals surface area contributed by atoms with Gasteiger partial charge in [0.15, 0.2) is 5.96 Å². The summed E-state index contributed by atoms with van der Waals surface area (Å²) in [6, 6.07) is 0.630. The molecule has 1 aliphatic carbocycles. The van der Waals surface area contributed by atoms with Crippen LogP contribution in [0.3, 0.4) is 0 Å². The molecule has 0 saturated heterocycles. The molecule has 0 unspecified atom stereocenters. The van der Waals surface area contributed by atoms with Crippen LogP contribution in [0.1, 0.15) is 26.2 Å². The van der Waals surface area contributed by atoms with Crippen LogP contribution in [-0.2, 0) is 4.79 Å². The van der Waals surface area contributed by atoms with Crippen LogP contribution in [0.4, 0.5) is 0 Å². The number of nitrogens with zero attached hydrogens (tertiary/aromatic N) is 1. The van der Waals surface area contributed by atoms with Gasteiger partial charge in [0.25, 0.3) is 0 Å². The Balaban J connectivity index is 2.30. The predicted octanol–water partition coefficient (Wildman–Crippen LogP) is -0.422. The second-order valence-corrected chi connectivity index (χ2v) is 3.66. The number of nitrogens with two attached hydrogens (primary N) is 1. The molecule has 1 saturated carbocycles. The lowest BCUT2D eigenvalue weighted by atomic mass is 10.2. The molecule has 0 aromatic heterocycles. The van der Waals surface area contributed by atoms with Crippen LogP contribution in [0.15, 0.2) is 4.99 Å². The van der Waals surface area contributed by atoms with E-state index in [1.165, 1.54) is 0 Å². The summed E-state index contributed by atoms with van der Waals surface area (Å²) in [6.07, 6.45) is 2.96. The fourth-order valence-electron chi connectivity index (χ4n) is 1.80. The van der Waals surface area contributed by atoms with Crippen molar-refractivity contribution in [2.75, 3.05) is 7.05 Å². The van der Waals surface area contributed by atoms with Crippen molar-refractivity contribution in [3.05, 3.63) is 0 Å². The van der Waals surface area contributed by atoms with E-state index in [4.69, 9.17) is 5.73 Å². The Hall–Kier alpha value is -1.26. The standard InChI is InChI=1S/C9H18N4O/c1-6(14)12-7-3-4-8(5-7)13-9(10)11-2/h7-8H,3-5H2,1-2H3,(H,12,14)(H3,10,11,13)/t7-,8-/m0/s1. The highest BCUT2D eigenvalue weighted by atomic mass is 16.1. The molecule has 1 rings (SSSR count). The van der Waals surface area contributed by atoms with Crippen LogP contribution in [0.25, 0.3) is 0 Å². The quantitative estimate of drug-likeness (QED) is 0.416. The van der Waals surface area contributed by atoms with E-state index in [1.54, 1.807) is 14.0 Å². The first-order valence-electron chi connectivity index (χ1n) is 4.87. The lowest BCUT2D eigenvalue weighted by Gasteiger charge is -2.13. The van der Waals surface area contributed by atoms with E-state index >= 15 is 0 Å². The Bertz CT molecular complexity index is 239. The lowest BCUT2D eigenvalue weighted by Crippen LogP contribution is -2.40. The maximum atomic E-state index is 10.8. The summed E-state index contributed by atoms with van der Waals surface area (Å²) < 4.78 is 0. The molecule has 5 nitrogen and oxygen atoms in total. The van der Waals surface area contributed by atoms with E-state index < -0.39 is 0 Å². The van der Waals surface area contributed by atoms with Crippen LogP contribution < -0.4 is 16.4 Å². The molecule has 80 valence electrons. The van der Waals surface area contributed by atoms with E-state index in [0.717, 1.165) is 19.3 Å². The Labute approximate surface area is 84.1 Å². The third-order valence-electron chi connectivity index (χ3n) is 2.43. The molecule has 0 spiro atoms. The van der Waals surface area contributed by atoms with Gasteiger partial charge < -0.3 is 16.4 Å². The van der Waals surface area contributed by atoms with Crippen molar-refractivity contribution in [1.29, 1.82) is 0 Å². The first kappa shape index (κ1) is 10.8. The van der Waals surface area contributed by atoms with Gasteiger partial charge in [-0.25, -0.2) is 0 Å². The summed E-state index contributed by atoms with van der Waals surface area (Å²) in [5, 5.41) is 6.01. The molecular formula is C9H18N4O. The van der Waals surface area contributed by atoms with Crippen molar-refractivity contribution in [2.24, 2.45) is 10.7 Å². The minimum atomic E-state index is 0.0350. The fourth-order valence-corrected chi connectivity index (χ4v) is 1.80. The Morgan fingerprint density at radius 3 is 2.43 bits per heavy atom. The van der Waals surface area contributed by atoms with Gasteiger partial charge in [0.1, 0.15) is 0 Å².